The molecule has 0 bridgehead atoms. The number of nitrogens with zero attached hydrogens (tertiary/aromatic N) is 2. The summed E-state index contributed by atoms with van der Waals surface area (Å²) in [6, 6.07) is 14.6. The van der Waals surface area contributed by atoms with E-state index < -0.39 is 0 Å². The molecule has 0 aliphatic heterocycles. The summed E-state index contributed by atoms with van der Waals surface area (Å²) >= 11 is 4.54. The molecular formula is C18H16BrN3O4S. The lowest BCUT2D eigenvalue weighted by Crippen LogP contribution is -2.14. The van der Waals surface area contributed by atoms with Gasteiger partial charge in [-0.25, -0.2) is 0 Å². The van der Waals surface area contributed by atoms with Crippen LogP contribution >= 0.6 is 27.7 Å². The fraction of sp³-hybridized carbons (Fsp3) is 0.167. The zero-order valence-electron chi connectivity index (χ0n) is 14.3. The van der Waals surface area contributed by atoms with Gasteiger partial charge in [0, 0.05) is 10.5 Å². The average Bonchev–Trinajstić information content (AvgIpc) is 3.15. The zero-order chi connectivity index (χ0) is 19.1. The summed E-state index contributed by atoms with van der Waals surface area (Å²) in [7, 11) is 1.59. The van der Waals surface area contributed by atoms with Gasteiger partial charge in [-0.05, 0) is 40.2 Å². The molecule has 3 aromatic rings. The number of hydrogen-bond donors (Lipinski definition) is 1. The van der Waals surface area contributed by atoms with Gasteiger partial charge in [-0.15, -0.1) is 10.2 Å². The molecule has 140 valence electrons. The number of ether oxygens (including phenoxy) is 2. The average molecular weight is 450 g/mol. The first-order chi connectivity index (χ1) is 13.1. The van der Waals surface area contributed by atoms with Crippen molar-refractivity contribution in [2.24, 2.45) is 0 Å². The maximum atomic E-state index is 12.0. The van der Waals surface area contributed by atoms with Crippen LogP contribution in [0, 0.1) is 0 Å². The predicted molar refractivity (Wildman–Crippen MR) is 105 cm³/mol. The van der Waals surface area contributed by atoms with Crippen LogP contribution in [0.3, 0.4) is 0 Å². The monoisotopic (exact) mass is 449 g/mol. The van der Waals surface area contributed by atoms with E-state index in [2.05, 4.69) is 31.4 Å². The van der Waals surface area contributed by atoms with E-state index in [4.69, 9.17) is 13.9 Å². The quantitative estimate of drug-likeness (QED) is 0.516. The number of aromatic nitrogens is 2. The van der Waals surface area contributed by atoms with Crippen molar-refractivity contribution in [3.63, 3.8) is 0 Å². The molecule has 0 atom stereocenters. The van der Waals surface area contributed by atoms with Crippen LogP contribution in [-0.4, -0.2) is 29.0 Å². The number of carbonyl (C=O) groups excluding carboxylic acids is 1. The smallest absolute Gasteiger partial charge is 0.277 e. The third-order valence-electron chi connectivity index (χ3n) is 3.33. The van der Waals surface area contributed by atoms with E-state index in [1.165, 1.54) is 0 Å². The Hall–Kier alpha value is -2.52. The second-order valence-electron chi connectivity index (χ2n) is 5.25. The summed E-state index contributed by atoms with van der Waals surface area (Å²) in [6.45, 7) is 0.129. The maximum Gasteiger partial charge on any atom is 0.277 e. The third-order valence-corrected chi connectivity index (χ3v) is 4.84. The van der Waals surface area contributed by atoms with E-state index in [1.807, 2.05) is 36.4 Å². The van der Waals surface area contributed by atoms with E-state index in [-0.39, 0.29) is 18.3 Å². The Morgan fingerprint density at radius 1 is 1.19 bits per heavy atom. The fourth-order valence-corrected chi connectivity index (χ4v) is 3.03. The summed E-state index contributed by atoms with van der Waals surface area (Å²) in [5.74, 6) is 1.64. The van der Waals surface area contributed by atoms with Crippen LogP contribution in [0.2, 0.25) is 0 Å². The minimum Gasteiger partial charge on any atom is -0.497 e. The number of halogens is 1. The minimum atomic E-state index is -0.167. The van der Waals surface area contributed by atoms with Crippen LogP contribution in [0.25, 0.3) is 0 Å². The van der Waals surface area contributed by atoms with Gasteiger partial charge in [0.25, 0.3) is 11.1 Å². The van der Waals surface area contributed by atoms with Crippen LogP contribution in [0.1, 0.15) is 5.89 Å². The molecule has 2 aromatic carbocycles. The molecule has 0 aliphatic rings. The van der Waals surface area contributed by atoms with E-state index in [0.29, 0.717) is 28.3 Å². The molecule has 3 rings (SSSR count). The number of anilines is 1. The normalized spacial score (nSPS) is 10.4. The van der Waals surface area contributed by atoms with Gasteiger partial charge < -0.3 is 19.2 Å². The summed E-state index contributed by atoms with van der Waals surface area (Å²) in [6.07, 6.45) is 0. The second kappa shape index (κ2) is 9.43. The van der Waals surface area contributed by atoms with Crippen LogP contribution in [0.5, 0.6) is 11.5 Å². The van der Waals surface area contributed by atoms with Gasteiger partial charge in [0.2, 0.25) is 5.91 Å². The van der Waals surface area contributed by atoms with E-state index in [1.54, 1.807) is 19.2 Å². The highest BCUT2D eigenvalue weighted by Gasteiger charge is 2.11. The molecule has 27 heavy (non-hydrogen) atoms. The maximum absolute atomic E-state index is 12.0. The highest BCUT2D eigenvalue weighted by molar-refractivity contribution is 9.10. The van der Waals surface area contributed by atoms with Gasteiger partial charge in [-0.2, -0.15) is 0 Å². The van der Waals surface area contributed by atoms with Crippen molar-refractivity contribution in [3.8, 4) is 11.5 Å². The predicted octanol–water partition coefficient (Wildman–Crippen LogP) is 4.15. The molecule has 1 aromatic heterocycles. The van der Waals surface area contributed by atoms with Crippen molar-refractivity contribution in [2.45, 2.75) is 11.8 Å². The number of thioether (sulfide) groups is 1. The number of nitrogens with one attached hydrogen (secondary N) is 1. The van der Waals surface area contributed by atoms with Crippen LogP contribution in [0.4, 0.5) is 5.69 Å². The summed E-state index contributed by atoms with van der Waals surface area (Å²) in [4.78, 5) is 12.0. The van der Waals surface area contributed by atoms with E-state index in [9.17, 15) is 4.79 Å². The largest absolute Gasteiger partial charge is 0.497 e. The van der Waals surface area contributed by atoms with Gasteiger partial charge in [-0.3, -0.25) is 4.79 Å². The Kier molecular flexibility index (Phi) is 6.72. The van der Waals surface area contributed by atoms with E-state index >= 15 is 0 Å². The number of amides is 1. The molecule has 0 saturated heterocycles. The van der Waals surface area contributed by atoms with Crippen molar-refractivity contribution < 1.29 is 18.7 Å². The lowest BCUT2D eigenvalue weighted by molar-refractivity contribution is -0.113. The van der Waals surface area contributed by atoms with Crippen LogP contribution < -0.4 is 14.8 Å². The summed E-state index contributed by atoms with van der Waals surface area (Å²) < 4.78 is 17.0. The first-order valence-electron chi connectivity index (χ1n) is 7.90. The first kappa shape index (κ1) is 19.2. The summed E-state index contributed by atoms with van der Waals surface area (Å²) in [5.41, 5.74) is 0.709. The third kappa shape index (κ3) is 5.73. The van der Waals surface area contributed by atoms with Gasteiger partial charge >= 0.3 is 0 Å². The molecule has 1 N–H and O–H groups in total. The van der Waals surface area contributed by atoms with Crippen LogP contribution in [-0.2, 0) is 11.4 Å². The number of carbonyl (C=O) groups is 1. The van der Waals surface area contributed by atoms with Crippen molar-refractivity contribution in [2.75, 3.05) is 18.2 Å². The number of benzene rings is 2. The molecule has 1 heterocycles. The van der Waals surface area contributed by atoms with Crippen molar-refractivity contribution in [1.82, 2.24) is 10.2 Å². The van der Waals surface area contributed by atoms with Crippen LogP contribution in [0.15, 0.2) is 62.6 Å². The number of hydrogen-bond acceptors (Lipinski definition) is 7. The van der Waals surface area contributed by atoms with Gasteiger partial charge in [0.15, 0.2) is 6.61 Å². The Labute approximate surface area is 168 Å². The summed E-state index contributed by atoms with van der Waals surface area (Å²) in [5, 5.41) is 10.9. The molecule has 1 amide bonds. The van der Waals surface area contributed by atoms with Gasteiger partial charge in [0.05, 0.1) is 18.6 Å². The minimum absolute atomic E-state index is 0.129. The molecule has 9 heteroatoms. The number of rotatable bonds is 8. The van der Waals surface area contributed by atoms with Gasteiger partial charge in [-0.1, -0.05) is 30.0 Å². The SMILES string of the molecule is COc1cccc(OCc2nnc(SCC(=O)Nc3ccccc3Br)o2)c1. The van der Waals surface area contributed by atoms with E-state index in [0.717, 1.165) is 16.2 Å². The molecule has 0 fully saturated rings. The Balaban J connectivity index is 1.47. The van der Waals surface area contributed by atoms with Crippen molar-refractivity contribution in [3.05, 3.63) is 58.9 Å². The first-order valence-corrected chi connectivity index (χ1v) is 9.68. The lowest BCUT2D eigenvalue weighted by Gasteiger charge is -2.05. The molecule has 0 spiro atoms. The Morgan fingerprint density at radius 3 is 2.81 bits per heavy atom. The number of para-hydroxylation sites is 1. The van der Waals surface area contributed by atoms with Crippen molar-refractivity contribution >= 4 is 39.3 Å². The highest BCUT2D eigenvalue weighted by atomic mass is 79.9. The Bertz CT molecular complexity index is 919. The topological polar surface area (TPSA) is 86.5 Å². The van der Waals surface area contributed by atoms with Crippen molar-refractivity contribution in [1.29, 1.82) is 0 Å². The standard InChI is InChI=1S/C18H16BrN3O4S/c1-24-12-5-4-6-13(9-12)25-10-17-21-22-18(26-17)27-11-16(23)20-15-8-3-2-7-14(15)19/h2-9H,10-11H2,1H3,(H,20,23). The Morgan fingerprint density at radius 2 is 2.00 bits per heavy atom. The molecule has 0 unspecified atom stereocenters. The molecule has 0 aliphatic carbocycles. The highest BCUT2D eigenvalue weighted by Crippen LogP contribution is 2.23. The number of methoxy groups -OCH3 is 1. The molecule has 7 nitrogen and oxygen atoms in total. The second-order valence-corrected chi connectivity index (χ2v) is 7.03. The molecular weight excluding hydrogens is 434 g/mol. The molecule has 0 radical (unpaired) electrons. The lowest BCUT2D eigenvalue weighted by atomic mass is 10.3. The molecule has 0 saturated carbocycles. The zero-order valence-corrected chi connectivity index (χ0v) is 16.7. The fourth-order valence-electron chi connectivity index (χ4n) is 2.07. The van der Waals surface area contributed by atoms with Gasteiger partial charge in [0.1, 0.15) is 11.5 Å².